The Morgan fingerprint density at radius 2 is 1.96 bits per heavy atom. The maximum atomic E-state index is 12.6. The molecule has 0 aliphatic heterocycles. The second kappa shape index (κ2) is 8.77. The third-order valence-corrected chi connectivity index (χ3v) is 6.08. The molecule has 0 saturated carbocycles. The first-order valence-electron chi connectivity index (χ1n) is 8.34. The molecule has 28 heavy (non-hydrogen) atoms. The Bertz CT molecular complexity index is 1030. The van der Waals surface area contributed by atoms with Crippen LogP contribution in [-0.2, 0) is 11.3 Å². The van der Waals surface area contributed by atoms with Gasteiger partial charge in [-0.1, -0.05) is 11.6 Å². The van der Waals surface area contributed by atoms with Crippen molar-refractivity contribution in [2.24, 2.45) is 0 Å². The van der Waals surface area contributed by atoms with Crippen molar-refractivity contribution < 1.29 is 19.1 Å². The fourth-order valence-electron chi connectivity index (χ4n) is 2.54. The normalized spacial score (nSPS) is 10.6. The first kappa shape index (κ1) is 20.4. The van der Waals surface area contributed by atoms with Crippen molar-refractivity contribution in [1.29, 1.82) is 0 Å². The Hall–Kier alpha value is -2.35. The molecule has 0 saturated heterocycles. The van der Waals surface area contributed by atoms with Gasteiger partial charge in [0.25, 0.3) is 5.91 Å². The molecule has 8 heteroatoms. The van der Waals surface area contributed by atoms with Gasteiger partial charge in [-0.15, -0.1) is 22.7 Å². The second-order valence-electron chi connectivity index (χ2n) is 6.06. The van der Waals surface area contributed by atoms with Crippen LogP contribution in [0.2, 0.25) is 5.02 Å². The van der Waals surface area contributed by atoms with Crippen LogP contribution in [0.3, 0.4) is 0 Å². The molecule has 0 aliphatic rings. The Morgan fingerprint density at radius 3 is 2.68 bits per heavy atom. The van der Waals surface area contributed by atoms with Gasteiger partial charge >= 0.3 is 5.97 Å². The van der Waals surface area contributed by atoms with Crippen molar-refractivity contribution in [3.63, 3.8) is 0 Å². The molecule has 0 aliphatic carbocycles. The molecule has 0 bridgehead atoms. The molecule has 146 valence electrons. The number of carbonyl (C=O) groups is 2. The molecule has 0 radical (unpaired) electrons. The third-order valence-electron chi connectivity index (χ3n) is 3.90. The topological polar surface area (TPSA) is 64.6 Å². The molecule has 0 spiro atoms. The number of methoxy groups -OCH3 is 1. The van der Waals surface area contributed by atoms with Crippen LogP contribution >= 0.6 is 34.3 Å². The van der Waals surface area contributed by atoms with Gasteiger partial charge < -0.3 is 14.8 Å². The fraction of sp³-hybridized carbons (Fsp3) is 0.200. The standard InChI is InChI=1S/C20H18ClNO4S2/c1-11-6-14(21)4-5-16(11)26-9-13-8-17(27-10-13)18(23)22-19-15(20(24)25-3)7-12(2)28-19/h4-8,10H,9H2,1-3H3,(H,22,23). The average Bonchev–Trinajstić information content (AvgIpc) is 3.27. The first-order valence-corrected chi connectivity index (χ1v) is 10.4. The third kappa shape index (κ3) is 4.73. The SMILES string of the molecule is COC(=O)c1cc(C)sc1NC(=O)c1cc(COc2ccc(Cl)cc2C)cs1. The van der Waals surface area contributed by atoms with Gasteiger partial charge in [-0.25, -0.2) is 4.79 Å². The van der Waals surface area contributed by atoms with E-state index in [1.165, 1.54) is 29.8 Å². The van der Waals surface area contributed by atoms with Crippen molar-refractivity contribution in [3.05, 3.63) is 67.2 Å². The number of anilines is 1. The van der Waals surface area contributed by atoms with Crippen LogP contribution in [0.5, 0.6) is 5.75 Å². The van der Waals surface area contributed by atoms with Crippen molar-refractivity contribution in [2.75, 3.05) is 12.4 Å². The highest BCUT2D eigenvalue weighted by Crippen LogP contribution is 2.29. The number of aryl methyl sites for hydroxylation is 2. The Balaban J connectivity index is 1.67. The van der Waals surface area contributed by atoms with Crippen LogP contribution in [-0.4, -0.2) is 19.0 Å². The van der Waals surface area contributed by atoms with Crippen LogP contribution in [0.1, 0.15) is 36.0 Å². The average molecular weight is 436 g/mol. The smallest absolute Gasteiger partial charge is 0.340 e. The van der Waals surface area contributed by atoms with Crippen molar-refractivity contribution in [1.82, 2.24) is 0 Å². The van der Waals surface area contributed by atoms with E-state index in [0.717, 1.165) is 21.8 Å². The number of hydrogen-bond donors (Lipinski definition) is 1. The Kier molecular flexibility index (Phi) is 6.39. The van der Waals surface area contributed by atoms with E-state index >= 15 is 0 Å². The summed E-state index contributed by atoms with van der Waals surface area (Å²) < 4.78 is 10.6. The maximum absolute atomic E-state index is 12.6. The Morgan fingerprint density at radius 1 is 1.18 bits per heavy atom. The number of carbonyl (C=O) groups excluding carboxylic acids is 2. The van der Waals surface area contributed by atoms with Gasteiger partial charge in [0, 0.05) is 15.5 Å². The molecule has 5 nitrogen and oxygen atoms in total. The van der Waals surface area contributed by atoms with E-state index in [2.05, 4.69) is 5.32 Å². The lowest BCUT2D eigenvalue weighted by atomic mass is 10.2. The van der Waals surface area contributed by atoms with E-state index in [9.17, 15) is 9.59 Å². The molecule has 1 amide bonds. The molecule has 0 atom stereocenters. The second-order valence-corrected chi connectivity index (χ2v) is 8.67. The van der Waals surface area contributed by atoms with Gasteiger partial charge in [0.2, 0.25) is 0 Å². The maximum Gasteiger partial charge on any atom is 0.340 e. The summed E-state index contributed by atoms with van der Waals surface area (Å²) in [5, 5.41) is 5.82. The minimum absolute atomic E-state index is 0.272. The number of nitrogens with one attached hydrogen (secondary N) is 1. The number of hydrogen-bond acceptors (Lipinski definition) is 6. The van der Waals surface area contributed by atoms with E-state index < -0.39 is 5.97 Å². The van der Waals surface area contributed by atoms with Gasteiger partial charge in [0.15, 0.2) is 0 Å². The molecular formula is C20H18ClNO4S2. The quantitative estimate of drug-likeness (QED) is 0.504. The number of amides is 1. The summed E-state index contributed by atoms with van der Waals surface area (Å²) in [5.74, 6) is 0.00237. The summed E-state index contributed by atoms with van der Waals surface area (Å²) >= 11 is 8.61. The highest BCUT2D eigenvalue weighted by Gasteiger charge is 2.19. The zero-order chi connectivity index (χ0) is 20.3. The molecule has 2 heterocycles. The molecule has 0 unspecified atom stereocenters. The number of rotatable bonds is 6. The van der Waals surface area contributed by atoms with Crippen LogP contribution in [0, 0.1) is 13.8 Å². The van der Waals surface area contributed by atoms with E-state index in [4.69, 9.17) is 21.1 Å². The number of ether oxygens (including phenoxy) is 2. The van der Waals surface area contributed by atoms with E-state index in [1.54, 1.807) is 18.2 Å². The molecule has 1 aromatic carbocycles. The lowest BCUT2D eigenvalue weighted by Crippen LogP contribution is -2.12. The molecule has 1 N–H and O–H groups in total. The minimum Gasteiger partial charge on any atom is -0.489 e. The first-order chi connectivity index (χ1) is 13.4. The van der Waals surface area contributed by atoms with Crippen molar-refractivity contribution in [3.8, 4) is 5.75 Å². The number of benzene rings is 1. The summed E-state index contributed by atoms with van der Waals surface area (Å²) in [4.78, 5) is 25.9. The minimum atomic E-state index is -0.474. The van der Waals surface area contributed by atoms with Gasteiger partial charge in [-0.2, -0.15) is 0 Å². The number of thiophene rings is 2. The van der Waals surface area contributed by atoms with E-state index in [0.29, 0.717) is 27.1 Å². The van der Waals surface area contributed by atoms with Gasteiger partial charge in [-0.05, 0) is 55.1 Å². The van der Waals surface area contributed by atoms with E-state index in [1.807, 2.05) is 31.4 Å². The van der Waals surface area contributed by atoms with Gasteiger partial charge in [0.1, 0.15) is 17.4 Å². The summed E-state index contributed by atoms with van der Waals surface area (Å²) in [7, 11) is 1.31. The van der Waals surface area contributed by atoms with Crippen LogP contribution in [0.4, 0.5) is 5.00 Å². The predicted octanol–water partition coefficient (Wildman–Crippen LogP) is 5.70. The van der Waals surface area contributed by atoms with Crippen molar-refractivity contribution in [2.45, 2.75) is 20.5 Å². The monoisotopic (exact) mass is 435 g/mol. The number of halogens is 1. The summed E-state index contributed by atoms with van der Waals surface area (Å²) in [6, 6.07) is 8.92. The van der Waals surface area contributed by atoms with Crippen LogP contribution in [0.25, 0.3) is 0 Å². The largest absolute Gasteiger partial charge is 0.489 e. The lowest BCUT2D eigenvalue weighted by molar-refractivity contribution is 0.0602. The van der Waals surface area contributed by atoms with Gasteiger partial charge in [-0.3, -0.25) is 4.79 Å². The van der Waals surface area contributed by atoms with Crippen molar-refractivity contribution >= 4 is 51.2 Å². The van der Waals surface area contributed by atoms with Crippen LogP contribution in [0.15, 0.2) is 35.7 Å². The summed E-state index contributed by atoms with van der Waals surface area (Å²) in [6.45, 7) is 4.14. The summed E-state index contributed by atoms with van der Waals surface area (Å²) in [5.41, 5.74) is 2.20. The predicted molar refractivity (Wildman–Crippen MR) is 113 cm³/mol. The molecule has 3 rings (SSSR count). The van der Waals surface area contributed by atoms with Gasteiger partial charge in [0.05, 0.1) is 17.6 Å². The highest BCUT2D eigenvalue weighted by molar-refractivity contribution is 7.17. The molecule has 0 fully saturated rings. The fourth-order valence-corrected chi connectivity index (χ4v) is 4.45. The Labute approximate surface area is 175 Å². The van der Waals surface area contributed by atoms with E-state index in [-0.39, 0.29) is 5.91 Å². The highest BCUT2D eigenvalue weighted by atomic mass is 35.5. The number of esters is 1. The molecular weight excluding hydrogens is 418 g/mol. The zero-order valence-corrected chi connectivity index (χ0v) is 17.9. The molecule has 3 aromatic rings. The lowest BCUT2D eigenvalue weighted by Gasteiger charge is -2.08. The van der Waals surface area contributed by atoms with Crippen LogP contribution < -0.4 is 10.1 Å². The summed E-state index contributed by atoms with van der Waals surface area (Å²) in [6.07, 6.45) is 0. The molecule has 2 aromatic heterocycles. The zero-order valence-electron chi connectivity index (χ0n) is 15.5.